The fraction of sp³-hybridized carbons (Fsp3) is 0. The first-order valence-corrected chi connectivity index (χ1v) is 8.01. The van der Waals surface area contributed by atoms with E-state index >= 15 is 0 Å². The first kappa shape index (κ1) is 14.6. The lowest BCUT2D eigenvalue weighted by Gasteiger charge is -2.12. The van der Waals surface area contributed by atoms with Crippen molar-refractivity contribution in [2.45, 2.75) is 0 Å². The molecule has 3 heteroatoms. The number of hydrogen-bond acceptors (Lipinski definition) is 0. The molecular formula is C18H11BrCl2. The average molecular weight is 378 g/mol. The predicted octanol–water partition coefficient (Wildman–Crippen LogP) is 7.09. The van der Waals surface area contributed by atoms with Gasteiger partial charge < -0.3 is 0 Å². The molecule has 0 heterocycles. The molecule has 3 aromatic rings. The highest BCUT2D eigenvalue weighted by atomic mass is 79.9. The van der Waals surface area contributed by atoms with E-state index < -0.39 is 0 Å². The van der Waals surface area contributed by atoms with Crippen LogP contribution in [0.2, 0.25) is 10.0 Å². The normalized spacial score (nSPS) is 10.6. The van der Waals surface area contributed by atoms with E-state index in [9.17, 15) is 0 Å². The second kappa shape index (κ2) is 6.23. The van der Waals surface area contributed by atoms with Crippen LogP contribution in [0.15, 0.2) is 71.2 Å². The van der Waals surface area contributed by atoms with Crippen LogP contribution in [0.4, 0.5) is 0 Å². The molecule has 0 aromatic heterocycles. The van der Waals surface area contributed by atoms with Gasteiger partial charge in [-0.1, -0.05) is 77.8 Å². The van der Waals surface area contributed by atoms with Crippen molar-refractivity contribution in [2.75, 3.05) is 0 Å². The minimum absolute atomic E-state index is 0.731. The van der Waals surface area contributed by atoms with E-state index in [2.05, 4.69) is 15.9 Å². The maximum absolute atomic E-state index is 6.31. The van der Waals surface area contributed by atoms with Crippen molar-refractivity contribution in [3.8, 4) is 22.3 Å². The summed E-state index contributed by atoms with van der Waals surface area (Å²) in [4.78, 5) is 0. The van der Waals surface area contributed by atoms with Crippen LogP contribution in [-0.4, -0.2) is 0 Å². The molecule has 0 spiro atoms. The van der Waals surface area contributed by atoms with Gasteiger partial charge in [0.05, 0.1) is 0 Å². The summed E-state index contributed by atoms with van der Waals surface area (Å²) in [6, 6.07) is 21.7. The Kier molecular flexibility index (Phi) is 4.34. The fourth-order valence-corrected chi connectivity index (χ4v) is 3.47. The van der Waals surface area contributed by atoms with Crippen LogP contribution in [-0.2, 0) is 0 Å². The minimum atomic E-state index is 0.731. The monoisotopic (exact) mass is 376 g/mol. The molecule has 0 fully saturated rings. The molecule has 21 heavy (non-hydrogen) atoms. The summed E-state index contributed by atoms with van der Waals surface area (Å²) in [5.74, 6) is 0. The lowest BCUT2D eigenvalue weighted by Crippen LogP contribution is -1.86. The predicted molar refractivity (Wildman–Crippen MR) is 95.0 cm³/mol. The highest BCUT2D eigenvalue weighted by molar-refractivity contribution is 9.10. The van der Waals surface area contributed by atoms with E-state index in [1.165, 1.54) is 0 Å². The van der Waals surface area contributed by atoms with Crippen molar-refractivity contribution in [1.29, 1.82) is 0 Å². The van der Waals surface area contributed by atoms with Crippen LogP contribution in [0.5, 0.6) is 0 Å². The number of halogens is 3. The largest absolute Gasteiger partial charge is 0.0837 e. The van der Waals surface area contributed by atoms with E-state index in [0.29, 0.717) is 0 Å². The first-order valence-electron chi connectivity index (χ1n) is 6.47. The SMILES string of the molecule is Clc1ccccc1-c1cccc(-c2ccccc2Cl)c1Br. The van der Waals surface area contributed by atoms with Gasteiger partial charge in [0.2, 0.25) is 0 Å². The molecule has 0 radical (unpaired) electrons. The van der Waals surface area contributed by atoms with Gasteiger partial charge in [0.25, 0.3) is 0 Å². The van der Waals surface area contributed by atoms with Gasteiger partial charge in [0.15, 0.2) is 0 Å². The molecule has 0 unspecified atom stereocenters. The number of hydrogen-bond donors (Lipinski definition) is 0. The van der Waals surface area contributed by atoms with Gasteiger partial charge in [-0.3, -0.25) is 0 Å². The van der Waals surface area contributed by atoms with Crippen LogP contribution in [0.25, 0.3) is 22.3 Å². The topological polar surface area (TPSA) is 0 Å². The zero-order valence-electron chi connectivity index (χ0n) is 11.0. The Labute approximate surface area is 142 Å². The Morgan fingerprint density at radius 2 is 0.905 bits per heavy atom. The van der Waals surface area contributed by atoms with E-state index in [1.54, 1.807) is 0 Å². The third-order valence-electron chi connectivity index (χ3n) is 3.33. The molecule has 0 saturated heterocycles. The van der Waals surface area contributed by atoms with Crippen LogP contribution in [0.3, 0.4) is 0 Å². The molecule has 0 aliphatic heterocycles. The van der Waals surface area contributed by atoms with Crippen molar-refractivity contribution < 1.29 is 0 Å². The van der Waals surface area contributed by atoms with E-state index in [4.69, 9.17) is 23.2 Å². The molecular weight excluding hydrogens is 367 g/mol. The molecule has 0 saturated carbocycles. The molecule has 0 bridgehead atoms. The molecule has 104 valence electrons. The molecule has 0 aliphatic rings. The number of benzene rings is 3. The molecule has 3 aromatic carbocycles. The van der Waals surface area contributed by atoms with Crippen LogP contribution >= 0.6 is 39.1 Å². The summed E-state index contributed by atoms with van der Waals surface area (Å²) in [6.45, 7) is 0. The van der Waals surface area contributed by atoms with Crippen molar-refractivity contribution in [1.82, 2.24) is 0 Å². The highest BCUT2D eigenvalue weighted by Gasteiger charge is 2.13. The summed E-state index contributed by atoms with van der Waals surface area (Å²) in [5, 5.41) is 1.46. The first-order chi connectivity index (χ1) is 10.2. The van der Waals surface area contributed by atoms with Crippen LogP contribution in [0, 0.1) is 0 Å². The second-order valence-electron chi connectivity index (χ2n) is 4.63. The molecule has 0 amide bonds. The van der Waals surface area contributed by atoms with E-state index in [-0.39, 0.29) is 0 Å². The molecule has 3 rings (SSSR count). The standard InChI is InChI=1S/C18H11BrCl2/c19-18-14(12-6-1-3-10-16(12)20)8-5-9-15(18)13-7-2-4-11-17(13)21/h1-11H. The van der Waals surface area contributed by atoms with Crippen molar-refractivity contribution in [2.24, 2.45) is 0 Å². The minimum Gasteiger partial charge on any atom is -0.0837 e. The second-order valence-corrected chi connectivity index (χ2v) is 6.23. The highest BCUT2D eigenvalue weighted by Crippen LogP contribution is 2.40. The van der Waals surface area contributed by atoms with Gasteiger partial charge in [-0.25, -0.2) is 0 Å². The van der Waals surface area contributed by atoms with E-state index in [1.807, 2.05) is 66.7 Å². The third kappa shape index (κ3) is 2.87. The van der Waals surface area contributed by atoms with Crippen molar-refractivity contribution in [3.05, 3.63) is 81.2 Å². The molecule has 0 aliphatic carbocycles. The Morgan fingerprint density at radius 1 is 0.524 bits per heavy atom. The summed E-state index contributed by atoms with van der Waals surface area (Å²) >= 11 is 16.3. The average Bonchev–Trinajstić information content (AvgIpc) is 2.49. The van der Waals surface area contributed by atoms with Crippen molar-refractivity contribution in [3.63, 3.8) is 0 Å². The number of rotatable bonds is 2. The van der Waals surface area contributed by atoms with Crippen LogP contribution in [0.1, 0.15) is 0 Å². The van der Waals surface area contributed by atoms with Crippen LogP contribution < -0.4 is 0 Å². The van der Waals surface area contributed by atoms with Gasteiger partial charge in [0, 0.05) is 25.6 Å². The Bertz CT molecular complexity index is 733. The van der Waals surface area contributed by atoms with Gasteiger partial charge in [-0.15, -0.1) is 0 Å². The fourth-order valence-electron chi connectivity index (χ4n) is 2.31. The zero-order chi connectivity index (χ0) is 14.8. The maximum atomic E-state index is 6.31. The molecule has 0 atom stereocenters. The Balaban J connectivity index is 2.21. The van der Waals surface area contributed by atoms with Gasteiger partial charge in [-0.05, 0) is 39.2 Å². The molecule has 0 nitrogen and oxygen atoms in total. The quantitative estimate of drug-likeness (QED) is 0.447. The zero-order valence-corrected chi connectivity index (χ0v) is 14.1. The third-order valence-corrected chi connectivity index (χ3v) is 4.84. The lowest BCUT2D eigenvalue weighted by molar-refractivity contribution is 1.55. The summed E-state index contributed by atoms with van der Waals surface area (Å²) in [7, 11) is 0. The Morgan fingerprint density at radius 3 is 1.33 bits per heavy atom. The summed E-state index contributed by atoms with van der Waals surface area (Å²) in [6.07, 6.45) is 0. The summed E-state index contributed by atoms with van der Waals surface area (Å²) < 4.78 is 0.992. The Hall–Kier alpha value is -1.28. The van der Waals surface area contributed by atoms with Crippen molar-refractivity contribution >= 4 is 39.1 Å². The lowest BCUT2D eigenvalue weighted by atomic mass is 9.99. The maximum Gasteiger partial charge on any atom is 0.0484 e. The molecule has 0 N–H and O–H groups in total. The summed E-state index contributed by atoms with van der Waals surface area (Å²) in [5.41, 5.74) is 4.11. The van der Waals surface area contributed by atoms with E-state index in [0.717, 1.165) is 36.8 Å². The van der Waals surface area contributed by atoms with Gasteiger partial charge in [0.1, 0.15) is 0 Å². The smallest absolute Gasteiger partial charge is 0.0484 e. The van der Waals surface area contributed by atoms with Gasteiger partial charge >= 0.3 is 0 Å². The van der Waals surface area contributed by atoms with Gasteiger partial charge in [-0.2, -0.15) is 0 Å².